The van der Waals surface area contributed by atoms with Crippen LogP contribution in [0.2, 0.25) is 5.02 Å². The van der Waals surface area contributed by atoms with Crippen LogP contribution in [0.1, 0.15) is 11.1 Å². The molecule has 0 aliphatic carbocycles. The second-order valence-electron chi connectivity index (χ2n) is 6.80. The summed E-state index contributed by atoms with van der Waals surface area (Å²) in [6, 6.07) is 14.9. The quantitative estimate of drug-likeness (QED) is 0.590. The van der Waals surface area contributed by atoms with Crippen molar-refractivity contribution >= 4 is 35.5 Å². The van der Waals surface area contributed by atoms with Gasteiger partial charge in [-0.3, -0.25) is 9.59 Å². The number of halogens is 1. The molecular formula is C22H22ClN3O2S. The number of H-pyrrole nitrogens is 2. The number of nitrogens with zero attached hydrogens (tertiary/aromatic N) is 1. The number of aromatic nitrogens is 2. The Labute approximate surface area is 177 Å². The SMILES string of the molecule is CN(C)CCSc1ccc(C=c2[nH]c(=O)c(=Cc3cccc(Cl)c3)[nH]c2=O)cc1. The van der Waals surface area contributed by atoms with Gasteiger partial charge in [-0.25, -0.2) is 0 Å². The number of nitrogens with one attached hydrogen (secondary N) is 2. The van der Waals surface area contributed by atoms with Crippen molar-refractivity contribution in [1.82, 2.24) is 14.9 Å². The fourth-order valence-corrected chi connectivity index (χ4v) is 3.85. The highest BCUT2D eigenvalue weighted by Crippen LogP contribution is 2.18. The van der Waals surface area contributed by atoms with Crippen LogP contribution >= 0.6 is 23.4 Å². The molecule has 29 heavy (non-hydrogen) atoms. The molecule has 2 N–H and O–H groups in total. The van der Waals surface area contributed by atoms with Gasteiger partial charge in [-0.15, -0.1) is 11.8 Å². The molecule has 0 atom stereocenters. The lowest BCUT2D eigenvalue weighted by atomic mass is 10.2. The molecule has 1 aromatic heterocycles. The van der Waals surface area contributed by atoms with E-state index in [0.29, 0.717) is 5.02 Å². The fraction of sp³-hybridized carbons (Fsp3) is 0.182. The van der Waals surface area contributed by atoms with Gasteiger partial charge in [-0.2, -0.15) is 0 Å². The Morgan fingerprint density at radius 2 is 1.55 bits per heavy atom. The monoisotopic (exact) mass is 427 g/mol. The standard InChI is InChI=1S/C22H22ClN3O2S/c1-26(2)10-11-29-18-8-6-15(7-9-18)13-19-21(27)25-20(22(28)24-19)14-16-4-3-5-17(23)12-16/h3-9,12-14H,10-11H2,1-2H3,(H,24,28)(H,25,27). The van der Waals surface area contributed by atoms with Crippen molar-refractivity contribution in [3.8, 4) is 0 Å². The van der Waals surface area contributed by atoms with Gasteiger partial charge >= 0.3 is 0 Å². The van der Waals surface area contributed by atoms with Crippen molar-refractivity contribution in [3.05, 3.63) is 96.1 Å². The number of benzene rings is 2. The van der Waals surface area contributed by atoms with E-state index in [1.54, 1.807) is 42.1 Å². The molecule has 0 unspecified atom stereocenters. The van der Waals surface area contributed by atoms with Crippen LogP contribution in [0.5, 0.6) is 0 Å². The van der Waals surface area contributed by atoms with E-state index in [1.165, 1.54) is 0 Å². The third kappa shape index (κ3) is 6.22. The Kier molecular flexibility index (Phi) is 7.14. The van der Waals surface area contributed by atoms with Gasteiger partial charge in [-0.1, -0.05) is 35.9 Å². The molecule has 2 aromatic carbocycles. The molecule has 7 heteroatoms. The largest absolute Gasteiger partial charge is 0.316 e. The molecule has 0 bridgehead atoms. The summed E-state index contributed by atoms with van der Waals surface area (Å²) in [6.45, 7) is 1.01. The van der Waals surface area contributed by atoms with Crippen molar-refractivity contribution in [2.24, 2.45) is 0 Å². The first kappa shape index (κ1) is 21.2. The molecule has 3 aromatic rings. The molecule has 0 radical (unpaired) electrons. The summed E-state index contributed by atoms with van der Waals surface area (Å²) >= 11 is 7.74. The minimum absolute atomic E-state index is 0.182. The van der Waals surface area contributed by atoms with Crippen molar-refractivity contribution in [1.29, 1.82) is 0 Å². The summed E-state index contributed by atoms with van der Waals surface area (Å²) in [5, 5.41) is 0.958. The first-order valence-corrected chi connectivity index (χ1v) is 10.5. The second kappa shape index (κ2) is 9.78. The van der Waals surface area contributed by atoms with Crippen LogP contribution in [-0.4, -0.2) is 41.3 Å². The van der Waals surface area contributed by atoms with Gasteiger partial charge in [0.15, 0.2) is 0 Å². The molecule has 0 amide bonds. The Balaban J connectivity index is 1.86. The maximum atomic E-state index is 12.4. The summed E-state index contributed by atoms with van der Waals surface area (Å²) in [5.74, 6) is 1.01. The maximum absolute atomic E-state index is 12.4. The normalized spacial score (nSPS) is 12.7. The Bertz CT molecular complexity index is 1210. The van der Waals surface area contributed by atoms with E-state index in [2.05, 4.69) is 29.0 Å². The van der Waals surface area contributed by atoms with E-state index >= 15 is 0 Å². The fourth-order valence-electron chi connectivity index (χ4n) is 2.63. The van der Waals surface area contributed by atoms with E-state index in [-0.39, 0.29) is 21.8 Å². The van der Waals surface area contributed by atoms with E-state index < -0.39 is 0 Å². The smallest absolute Gasteiger partial charge is 0.272 e. The lowest BCUT2D eigenvalue weighted by Gasteiger charge is -2.08. The van der Waals surface area contributed by atoms with E-state index in [9.17, 15) is 9.59 Å². The van der Waals surface area contributed by atoms with Crippen LogP contribution in [0, 0.1) is 0 Å². The van der Waals surface area contributed by atoms with Crippen molar-refractivity contribution < 1.29 is 0 Å². The van der Waals surface area contributed by atoms with Crippen LogP contribution in [-0.2, 0) is 0 Å². The third-order valence-electron chi connectivity index (χ3n) is 4.14. The zero-order valence-electron chi connectivity index (χ0n) is 16.2. The van der Waals surface area contributed by atoms with Crippen molar-refractivity contribution in [2.75, 3.05) is 26.4 Å². The van der Waals surface area contributed by atoms with Gasteiger partial charge in [0.2, 0.25) is 0 Å². The van der Waals surface area contributed by atoms with Crippen LogP contribution in [0.3, 0.4) is 0 Å². The average Bonchev–Trinajstić information content (AvgIpc) is 2.67. The number of rotatable bonds is 6. The zero-order chi connectivity index (χ0) is 20.8. The third-order valence-corrected chi connectivity index (χ3v) is 5.37. The van der Waals surface area contributed by atoms with Crippen LogP contribution in [0.4, 0.5) is 0 Å². The summed E-state index contributed by atoms with van der Waals surface area (Å²) in [6.07, 6.45) is 3.26. The van der Waals surface area contributed by atoms with E-state index in [4.69, 9.17) is 11.6 Å². The van der Waals surface area contributed by atoms with Crippen molar-refractivity contribution in [3.63, 3.8) is 0 Å². The summed E-state index contributed by atoms with van der Waals surface area (Å²) in [5.41, 5.74) is 0.849. The van der Waals surface area contributed by atoms with Gasteiger partial charge in [-0.05, 0) is 61.6 Å². The summed E-state index contributed by atoms with van der Waals surface area (Å²) < 4.78 is 0. The molecule has 0 saturated carbocycles. The number of hydrogen-bond acceptors (Lipinski definition) is 4. The van der Waals surface area contributed by atoms with Gasteiger partial charge < -0.3 is 14.9 Å². The van der Waals surface area contributed by atoms with Gasteiger partial charge in [0.05, 0.1) is 0 Å². The summed E-state index contributed by atoms with van der Waals surface area (Å²) in [7, 11) is 4.10. The highest BCUT2D eigenvalue weighted by molar-refractivity contribution is 7.99. The molecule has 0 spiro atoms. The molecule has 0 saturated heterocycles. The van der Waals surface area contributed by atoms with Crippen molar-refractivity contribution in [2.45, 2.75) is 4.90 Å². The Hall–Kier alpha value is -2.54. The minimum Gasteiger partial charge on any atom is -0.316 e. The molecule has 0 aliphatic heterocycles. The Morgan fingerprint density at radius 3 is 2.14 bits per heavy atom. The van der Waals surface area contributed by atoms with E-state index in [1.807, 2.05) is 30.3 Å². The Morgan fingerprint density at radius 1 is 0.931 bits per heavy atom. The molecule has 0 aliphatic rings. The van der Waals surface area contributed by atoms with Crippen LogP contribution in [0.15, 0.2) is 63.0 Å². The zero-order valence-corrected chi connectivity index (χ0v) is 17.8. The van der Waals surface area contributed by atoms with E-state index in [0.717, 1.165) is 28.3 Å². The lowest BCUT2D eigenvalue weighted by Crippen LogP contribution is -2.46. The highest BCUT2D eigenvalue weighted by atomic mass is 35.5. The molecular weight excluding hydrogens is 406 g/mol. The topological polar surface area (TPSA) is 69.0 Å². The lowest BCUT2D eigenvalue weighted by molar-refractivity contribution is 0.437. The number of thioether (sulfide) groups is 1. The van der Waals surface area contributed by atoms with Gasteiger partial charge in [0.25, 0.3) is 11.1 Å². The maximum Gasteiger partial charge on any atom is 0.272 e. The van der Waals surface area contributed by atoms with Gasteiger partial charge in [0, 0.05) is 22.2 Å². The van der Waals surface area contributed by atoms with Gasteiger partial charge in [0.1, 0.15) is 10.7 Å². The van der Waals surface area contributed by atoms with Crippen LogP contribution < -0.4 is 21.8 Å². The summed E-state index contributed by atoms with van der Waals surface area (Å²) in [4.78, 5) is 33.4. The number of aromatic amines is 2. The first-order chi connectivity index (χ1) is 13.9. The van der Waals surface area contributed by atoms with Crippen LogP contribution in [0.25, 0.3) is 12.2 Å². The molecule has 1 heterocycles. The second-order valence-corrected chi connectivity index (χ2v) is 8.40. The molecule has 5 nitrogen and oxygen atoms in total. The predicted octanol–water partition coefficient (Wildman–Crippen LogP) is 2.03. The highest BCUT2D eigenvalue weighted by Gasteiger charge is 1.99. The molecule has 0 fully saturated rings. The minimum atomic E-state index is -0.369. The average molecular weight is 428 g/mol. The first-order valence-electron chi connectivity index (χ1n) is 9.10. The molecule has 150 valence electrons. The number of hydrogen-bond donors (Lipinski definition) is 2. The predicted molar refractivity (Wildman–Crippen MR) is 121 cm³/mol. The molecule has 3 rings (SSSR count).